The Kier molecular flexibility index (Phi) is 3.73. The lowest BCUT2D eigenvalue weighted by Gasteiger charge is -2.22. The molecule has 0 amide bonds. The molecule has 21 heavy (non-hydrogen) atoms. The minimum atomic E-state index is 0.956. The highest BCUT2D eigenvalue weighted by Gasteiger charge is 2.16. The first-order chi connectivity index (χ1) is 10.0. The molecule has 0 N–H and O–H groups in total. The average molecular weight is 340 g/mol. The van der Waals surface area contributed by atoms with E-state index in [1.54, 1.807) is 0 Å². The molecule has 2 aromatic rings. The standard InChI is InChI=1S/C19H18BrN/c1-13-10-15(14-4-6-17(20)7-5-14)11-16-12-18(21(2)3)8-9-19(13)16/h4-10,12H,1,11H2,2-3H3. The fourth-order valence-corrected chi connectivity index (χ4v) is 2.98. The maximum absolute atomic E-state index is 4.22. The van der Waals surface area contributed by atoms with Crippen molar-refractivity contribution >= 4 is 32.8 Å². The quantitative estimate of drug-likeness (QED) is 0.729. The number of fused-ring (bicyclic) bond motifs is 1. The van der Waals surface area contributed by atoms with Crippen LogP contribution in [0.15, 0.2) is 59.6 Å². The van der Waals surface area contributed by atoms with Gasteiger partial charge in [-0.2, -0.15) is 0 Å². The predicted octanol–water partition coefficient (Wildman–Crippen LogP) is 5.17. The summed E-state index contributed by atoms with van der Waals surface area (Å²) in [4.78, 5) is 2.14. The maximum atomic E-state index is 4.22. The van der Waals surface area contributed by atoms with Crippen molar-refractivity contribution in [3.8, 4) is 0 Å². The summed E-state index contributed by atoms with van der Waals surface area (Å²) in [6, 6.07) is 15.1. The van der Waals surface area contributed by atoms with Gasteiger partial charge in [-0.05, 0) is 58.5 Å². The number of nitrogens with zero attached hydrogens (tertiary/aromatic N) is 1. The maximum Gasteiger partial charge on any atom is 0.0364 e. The summed E-state index contributed by atoms with van der Waals surface area (Å²) in [7, 11) is 4.15. The van der Waals surface area contributed by atoms with Crippen LogP contribution in [0.2, 0.25) is 0 Å². The molecule has 0 atom stereocenters. The van der Waals surface area contributed by atoms with E-state index in [2.05, 4.69) is 90.0 Å². The summed E-state index contributed by atoms with van der Waals surface area (Å²) >= 11 is 3.49. The Bertz CT molecular complexity index is 724. The van der Waals surface area contributed by atoms with E-state index in [1.807, 2.05) is 0 Å². The number of allylic oxidation sites excluding steroid dienone is 3. The first kappa shape index (κ1) is 14.2. The Hall–Kier alpha value is -1.80. The average Bonchev–Trinajstić information content (AvgIpc) is 2.47. The second-order valence-corrected chi connectivity index (χ2v) is 6.53. The Morgan fingerprint density at radius 2 is 1.76 bits per heavy atom. The van der Waals surface area contributed by atoms with Crippen LogP contribution >= 0.6 is 15.9 Å². The molecule has 3 rings (SSSR count). The Morgan fingerprint density at radius 3 is 2.43 bits per heavy atom. The summed E-state index contributed by atoms with van der Waals surface area (Å²) in [6.07, 6.45) is 3.17. The molecular weight excluding hydrogens is 322 g/mol. The zero-order valence-electron chi connectivity index (χ0n) is 12.4. The van der Waals surface area contributed by atoms with Crippen molar-refractivity contribution in [1.82, 2.24) is 0 Å². The Labute approximate surface area is 134 Å². The van der Waals surface area contributed by atoms with Crippen LogP contribution in [-0.2, 0) is 6.42 Å². The molecule has 1 aliphatic carbocycles. The van der Waals surface area contributed by atoms with Crippen LogP contribution in [0, 0.1) is 0 Å². The largest absolute Gasteiger partial charge is 0.378 e. The molecule has 0 unspecified atom stereocenters. The highest BCUT2D eigenvalue weighted by molar-refractivity contribution is 9.10. The highest BCUT2D eigenvalue weighted by Crippen LogP contribution is 2.35. The molecule has 0 spiro atoms. The molecule has 0 radical (unpaired) electrons. The van der Waals surface area contributed by atoms with Gasteiger partial charge in [0.05, 0.1) is 0 Å². The number of hydrogen-bond acceptors (Lipinski definition) is 1. The lowest BCUT2D eigenvalue weighted by Crippen LogP contribution is -2.10. The van der Waals surface area contributed by atoms with E-state index >= 15 is 0 Å². The molecule has 0 saturated heterocycles. The number of hydrogen-bond donors (Lipinski definition) is 0. The lowest BCUT2D eigenvalue weighted by atomic mass is 9.85. The third kappa shape index (κ3) is 2.81. The zero-order chi connectivity index (χ0) is 15.0. The molecule has 0 bridgehead atoms. The fourth-order valence-electron chi connectivity index (χ4n) is 2.71. The van der Waals surface area contributed by atoms with E-state index in [1.165, 1.54) is 28.0 Å². The van der Waals surface area contributed by atoms with Gasteiger partial charge in [-0.25, -0.2) is 0 Å². The van der Waals surface area contributed by atoms with Crippen LogP contribution in [0.4, 0.5) is 5.69 Å². The van der Waals surface area contributed by atoms with E-state index in [0.29, 0.717) is 0 Å². The van der Waals surface area contributed by atoms with Gasteiger partial charge in [0.2, 0.25) is 0 Å². The van der Waals surface area contributed by atoms with Gasteiger partial charge in [-0.15, -0.1) is 0 Å². The number of halogens is 1. The van der Waals surface area contributed by atoms with Gasteiger partial charge in [-0.1, -0.05) is 46.8 Å². The van der Waals surface area contributed by atoms with Crippen molar-refractivity contribution in [2.75, 3.05) is 19.0 Å². The normalized spacial score (nSPS) is 13.7. The van der Waals surface area contributed by atoms with Gasteiger partial charge < -0.3 is 4.90 Å². The third-order valence-corrected chi connectivity index (χ3v) is 4.42. The molecule has 0 aromatic heterocycles. The summed E-state index contributed by atoms with van der Waals surface area (Å²) < 4.78 is 1.11. The lowest BCUT2D eigenvalue weighted by molar-refractivity contribution is 1.12. The summed E-state index contributed by atoms with van der Waals surface area (Å²) in [5.74, 6) is 0. The Morgan fingerprint density at radius 1 is 1.05 bits per heavy atom. The molecular formula is C19H18BrN. The zero-order valence-corrected chi connectivity index (χ0v) is 13.9. The predicted molar refractivity (Wildman–Crippen MR) is 95.6 cm³/mol. The molecule has 106 valence electrons. The van der Waals surface area contributed by atoms with Gasteiger partial charge in [-0.3, -0.25) is 0 Å². The number of rotatable bonds is 2. The van der Waals surface area contributed by atoms with Gasteiger partial charge in [0.25, 0.3) is 0 Å². The van der Waals surface area contributed by atoms with Gasteiger partial charge in [0.15, 0.2) is 0 Å². The van der Waals surface area contributed by atoms with Crippen molar-refractivity contribution in [3.63, 3.8) is 0 Å². The highest BCUT2D eigenvalue weighted by atomic mass is 79.9. The van der Waals surface area contributed by atoms with Gasteiger partial charge >= 0.3 is 0 Å². The van der Waals surface area contributed by atoms with Crippen LogP contribution in [0.25, 0.3) is 11.1 Å². The van der Waals surface area contributed by atoms with Gasteiger partial charge in [0.1, 0.15) is 0 Å². The smallest absolute Gasteiger partial charge is 0.0364 e. The molecule has 2 aromatic carbocycles. The van der Waals surface area contributed by atoms with E-state index in [4.69, 9.17) is 0 Å². The van der Waals surface area contributed by atoms with Crippen LogP contribution in [0.5, 0.6) is 0 Å². The second-order valence-electron chi connectivity index (χ2n) is 5.61. The first-order valence-corrected chi connectivity index (χ1v) is 7.80. The van der Waals surface area contributed by atoms with Crippen LogP contribution in [0.3, 0.4) is 0 Å². The molecule has 0 fully saturated rings. The monoisotopic (exact) mass is 339 g/mol. The van der Waals surface area contributed by atoms with Crippen LogP contribution < -0.4 is 4.90 Å². The molecule has 0 aliphatic heterocycles. The van der Waals surface area contributed by atoms with Crippen molar-refractivity contribution < 1.29 is 0 Å². The molecule has 1 aliphatic rings. The molecule has 0 saturated carbocycles. The van der Waals surface area contributed by atoms with Crippen LogP contribution in [0.1, 0.15) is 16.7 Å². The van der Waals surface area contributed by atoms with E-state index < -0.39 is 0 Å². The minimum absolute atomic E-state index is 0.956. The third-order valence-electron chi connectivity index (χ3n) is 3.90. The first-order valence-electron chi connectivity index (χ1n) is 7.00. The van der Waals surface area contributed by atoms with Crippen LogP contribution in [-0.4, -0.2) is 14.1 Å². The van der Waals surface area contributed by atoms with Gasteiger partial charge in [0, 0.05) is 24.3 Å². The fraction of sp³-hybridized carbons (Fsp3) is 0.158. The van der Waals surface area contributed by atoms with E-state index in [0.717, 1.165) is 16.5 Å². The van der Waals surface area contributed by atoms with Crippen molar-refractivity contribution in [2.24, 2.45) is 0 Å². The number of anilines is 1. The Balaban J connectivity index is 2.00. The van der Waals surface area contributed by atoms with Crippen molar-refractivity contribution in [1.29, 1.82) is 0 Å². The minimum Gasteiger partial charge on any atom is -0.378 e. The van der Waals surface area contributed by atoms with E-state index in [9.17, 15) is 0 Å². The summed E-state index contributed by atoms with van der Waals surface area (Å²) in [5, 5.41) is 0. The second kappa shape index (κ2) is 5.53. The SMILES string of the molecule is C=C1C=C(c2ccc(Br)cc2)Cc2cc(N(C)C)ccc21. The molecule has 2 heteroatoms. The summed E-state index contributed by atoms with van der Waals surface area (Å²) in [5.41, 5.74) is 7.54. The summed E-state index contributed by atoms with van der Waals surface area (Å²) in [6.45, 7) is 4.22. The molecule has 0 heterocycles. The molecule has 1 nitrogen and oxygen atoms in total. The van der Waals surface area contributed by atoms with Crippen molar-refractivity contribution in [2.45, 2.75) is 6.42 Å². The number of benzene rings is 2. The van der Waals surface area contributed by atoms with E-state index in [-0.39, 0.29) is 0 Å². The van der Waals surface area contributed by atoms with Crippen molar-refractivity contribution in [3.05, 3.63) is 76.3 Å². The topological polar surface area (TPSA) is 3.24 Å².